The summed E-state index contributed by atoms with van der Waals surface area (Å²) >= 11 is 0. The first-order valence-electron chi connectivity index (χ1n) is 10.2. The monoisotopic (exact) mass is 404 g/mol. The number of sulfonamides is 1. The minimum absolute atomic E-state index is 0.0553. The van der Waals surface area contributed by atoms with Crippen molar-refractivity contribution in [1.29, 1.82) is 0 Å². The van der Waals surface area contributed by atoms with E-state index in [0.29, 0.717) is 17.5 Å². The van der Waals surface area contributed by atoms with Crippen LogP contribution < -0.4 is 10.0 Å². The highest BCUT2D eigenvalue weighted by atomic mass is 32.2. The Morgan fingerprint density at radius 3 is 2.61 bits per heavy atom. The number of H-pyrrole nitrogens is 1. The van der Waals surface area contributed by atoms with Gasteiger partial charge in [0.05, 0.1) is 11.0 Å². The van der Waals surface area contributed by atoms with E-state index < -0.39 is 21.7 Å². The zero-order valence-electron chi connectivity index (χ0n) is 16.2. The summed E-state index contributed by atoms with van der Waals surface area (Å²) in [5, 5.41) is 2.70. The fraction of sp³-hybridized carbons (Fsp3) is 0.600. The molecule has 2 fully saturated rings. The molecule has 7 nitrogen and oxygen atoms in total. The molecule has 1 amide bonds. The highest BCUT2D eigenvalue weighted by Crippen LogP contribution is 2.35. The number of hydrogen-bond acceptors (Lipinski definition) is 4. The first kappa shape index (κ1) is 19.4. The molecule has 0 bridgehead atoms. The van der Waals surface area contributed by atoms with E-state index in [2.05, 4.69) is 26.9 Å². The molecule has 4 rings (SSSR count). The van der Waals surface area contributed by atoms with Gasteiger partial charge in [-0.2, -0.15) is 0 Å². The van der Waals surface area contributed by atoms with E-state index in [-0.39, 0.29) is 6.04 Å². The Balaban J connectivity index is 1.36. The lowest BCUT2D eigenvalue weighted by atomic mass is 9.85. The first-order valence-corrected chi connectivity index (χ1v) is 11.8. The van der Waals surface area contributed by atoms with Crippen LogP contribution in [0.2, 0.25) is 0 Å². The average molecular weight is 405 g/mol. The number of nitrogens with zero attached hydrogens (tertiary/aromatic N) is 1. The van der Waals surface area contributed by atoms with Crippen LogP contribution in [0.4, 0.5) is 5.69 Å². The Morgan fingerprint density at radius 2 is 1.93 bits per heavy atom. The molecule has 3 N–H and O–H groups in total. The van der Waals surface area contributed by atoms with Crippen molar-refractivity contribution < 1.29 is 13.2 Å². The van der Waals surface area contributed by atoms with E-state index in [9.17, 15) is 13.2 Å². The molecular weight excluding hydrogens is 376 g/mol. The normalized spacial score (nSPS) is 23.5. The lowest BCUT2D eigenvalue weighted by Gasteiger charge is -2.26. The van der Waals surface area contributed by atoms with Gasteiger partial charge in [0.1, 0.15) is 11.6 Å². The number of imidazole rings is 1. The Hall–Kier alpha value is -1.93. The van der Waals surface area contributed by atoms with Gasteiger partial charge in [0.25, 0.3) is 0 Å². The van der Waals surface area contributed by atoms with Gasteiger partial charge in [-0.15, -0.1) is 0 Å². The third-order valence-corrected chi connectivity index (χ3v) is 7.29. The number of carbonyl (C=O) groups is 1. The second kappa shape index (κ2) is 7.83. The number of fused-ring (bicyclic) bond motifs is 1. The summed E-state index contributed by atoms with van der Waals surface area (Å²) < 4.78 is 27.3. The van der Waals surface area contributed by atoms with E-state index in [0.717, 1.165) is 55.4 Å². The predicted molar refractivity (Wildman–Crippen MR) is 110 cm³/mol. The molecule has 0 unspecified atom stereocenters. The van der Waals surface area contributed by atoms with Crippen LogP contribution in [0.25, 0.3) is 11.0 Å². The SMILES string of the molecule is CC1CCC(NS(=O)(=O)CC(=O)Nc2ccc3nc(C4CCC4)[nH]c3c2)CC1. The number of hydrogen-bond donors (Lipinski definition) is 3. The molecule has 1 aromatic heterocycles. The molecule has 0 aliphatic heterocycles. The lowest BCUT2D eigenvalue weighted by Crippen LogP contribution is -2.41. The summed E-state index contributed by atoms with van der Waals surface area (Å²) in [6.45, 7) is 2.18. The van der Waals surface area contributed by atoms with Crippen molar-refractivity contribution in [3.63, 3.8) is 0 Å². The number of nitrogens with one attached hydrogen (secondary N) is 3. The van der Waals surface area contributed by atoms with Gasteiger partial charge in [0.2, 0.25) is 15.9 Å². The number of aromatic nitrogens is 2. The summed E-state index contributed by atoms with van der Waals surface area (Å²) in [4.78, 5) is 20.2. The average Bonchev–Trinajstić information content (AvgIpc) is 2.96. The summed E-state index contributed by atoms with van der Waals surface area (Å²) in [6, 6.07) is 5.36. The Kier molecular flexibility index (Phi) is 5.42. The van der Waals surface area contributed by atoms with Gasteiger partial charge in [0.15, 0.2) is 0 Å². The first-order chi connectivity index (χ1) is 13.4. The Bertz CT molecular complexity index is 957. The fourth-order valence-electron chi connectivity index (χ4n) is 4.03. The van der Waals surface area contributed by atoms with Crippen LogP contribution in [0.1, 0.15) is 63.6 Å². The van der Waals surface area contributed by atoms with Gasteiger partial charge < -0.3 is 10.3 Å². The number of rotatable bonds is 6. The largest absolute Gasteiger partial charge is 0.342 e. The van der Waals surface area contributed by atoms with Gasteiger partial charge in [0, 0.05) is 17.6 Å². The quantitative estimate of drug-likeness (QED) is 0.687. The molecule has 0 radical (unpaired) electrons. The van der Waals surface area contributed by atoms with E-state index in [1.807, 2.05) is 12.1 Å². The van der Waals surface area contributed by atoms with Gasteiger partial charge in [-0.25, -0.2) is 18.1 Å². The molecule has 0 atom stereocenters. The van der Waals surface area contributed by atoms with Crippen LogP contribution in [-0.4, -0.2) is 36.1 Å². The number of amides is 1. The van der Waals surface area contributed by atoms with Crippen molar-refractivity contribution >= 4 is 32.7 Å². The van der Waals surface area contributed by atoms with Gasteiger partial charge >= 0.3 is 0 Å². The zero-order chi connectivity index (χ0) is 19.7. The van der Waals surface area contributed by atoms with Crippen LogP contribution >= 0.6 is 0 Å². The maximum absolute atomic E-state index is 12.3. The molecule has 2 aromatic rings. The van der Waals surface area contributed by atoms with Crippen LogP contribution in [0, 0.1) is 5.92 Å². The smallest absolute Gasteiger partial charge is 0.240 e. The molecule has 2 saturated carbocycles. The van der Waals surface area contributed by atoms with Crippen molar-refractivity contribution in [2.75, 3.05) is 11.1 Å². The lowest BCUT2D eigenvalue weighted by molar-refractivity contribution is -0.113. The Morgan fingerprint density at radius 1 is 1.18 bits per heavy atom. The second-order valence-corrected chi connectivity index (χ2v) is 10.1. The molecule has 152 valence electrons. The van der Waals surface area contributed by atoms with E-state index in [1.165, 1.54) is 6.42 Å². The maximum atomic E-state index is 12.3. The van der Waals surface area contributed by atoms with Gasteiger partial charge in [-0.1, -0.05) is 13.3 Å². The molecular formula is C20H28N4O3S. The van der Waals surface area contributed by atoms with E-state index >= 15 is 0 Å². The minimum Gasteiger partial charge on any atom is -0.342 e. The number of aromatic amines is 1. The predicted octanol–water partition coefficient (Wildman–Crippen LogP) is 3.27. The van der Waals surface area contributed by atoms with Crippen molar-refractivity contribution in [2.24, 2.45) is 5.92 Å². The number of carbonyl (C=O) groups excluding carboxylic acids is 1. The molecule has 2 aliphatic rings. The number of benzene rings is 1. The highest BCUT2D eigenvalue weighted by molar-refractivity contribution is 7.90. The molecule has 0 spiro atoms. The zero-order valence-corrected chi connectivity index (χ0v) is 17.0. The van der Waals surface area contributed by atoms with Gasteiger partial charge in [-0.05, 0) is 62.6 Å². The standard InChI is InChI=1S/C20H28N4O3S/c1-13-5-7-15(8-6-13)24-28(26,27)12-19(25)21-16-9-10-17-18(11-16)23-20(22-17)14-3-2-4-14/h9-11,13-15,24H,2-8,12H2,1H3,(H,21,25)(H,22,23). The topological polar surface area (TPSA) is 104 Å². The maximum Gasteiger partial charge on any atom is 0.240 e. The Labute approximate surface area is 165 Å². The molecule has 8 heteroatoms. The third-order valence-electron chi connectivity index (χ3n) is 5.96. The highest BCUT2D eigenvalue weighted by Gasteiger charge is 2.25. The molecule has 1 aromatic carbocycles. The third kappa shape index (κ3) is 4.55. The van der Waals surface area contributed by atoms with Crippen molar-refractivity contribution in [3.8, 4) is 0 Å². The van der Waals surface area contributed by atoms with E-state index in [1.54, 1.807) is 6.07 Å². The molecule has 28 heavy (non-hydrogen) atoms. The van der Waals surface area contributed by atoms with Crippen LogP contribution in [0.5, 0.6) is 0 Å². The van der Waals surface area contributed by atoms with Crippen molar-refractivity contribution in [1.82, 2.24) is 14.7 Å². The second-order valence-electron chi connectivity index (χ2n) is 8.36. The van der Waals surface area contributed by atoms with Crippen LogP contribution in [0.15, 0.2) is 18.2 Å². The van der Waals surface area contributed by atoms with Crippen LogP contribution in [0.3, 0.4) is 0 Å². The number of anilines is 1. The molecule has 2 aliphatic carbocycles. The summed E-state index contributed by atoms with van der Waals surface area (Å²) in [5.74, 6) is 1.05. The van der Waals surface area contributed by atoms with Crippen molar-refractivity contribution in [2.45, 2.75) is 63.8 Å². The summed E-state index contributed by atoms with van der Waals surface area (Å²) in [6.07, 6.45) is 7.27. The molecule has 1 heterocycles. The molecule has 0 saturated heterocycles. The minimum atomic E-state index is -3.65. The summed E-state index contributed by atoms with van der Waals surface area (Å²) in [5.41, 5.74) is 2.29. The van der Waals surface area contributed by atoms with E-state index in [4.69, 9.17) is 0 Å². The van der Waals surface area contributed by atoms with Crippen molar-refractivity contribution in [3.05, 3.63) is 24.0 Å². The van der Waals surface area contributed by atoms with Crippen LogP contribution in [-0.2, 0) is 14.8 Å². The summed E-state index contributed by atoms with van der Waals surface area (Å²) in [7, 11) is -3.65. The fourth-order valence-corrected chi connectivity index (χ4v) is 5.27. The van der Waals surface area contributed by atoms with Gasteiger partial charge in [-0.3, -0.25) is 4.79 Å².